The number of hydrogen-bond acceptors (Lipinski definition) is 4. The number of pyridine rings is 1. The minimum atomic E-state index is 0.218. The van der Waals surface area contributed by atoms with Crippen LogP contribution in [-0.2, 0) is 0 Å². The van der Waals surface area contributed by atoms with Crippen LogP contribution in [0, 0.1) is 11.8 Å². The van der Waals surface area contributed by atoms with Gasteiger partial charge >= 0.3 is 0 Å². The Morgan fingerprint density at radius 1 is 1.38 bits per heavy atom. The van der Waals surface area contributed by atoms with E-state index in [0.717, 1.165) is 37.6 Å². The molecule has 0 saturated heterocycles. The van der Waals surface area contributed by atoms with E-state index >= 15 is 0 Å². The van der Waals surface area contributed by atoms with Gasteiger partial charge in [0.2, 0.25) is 0 Å². The van der Waals surface area contributed by atoms with Crippen LogP contribution in [-0.4, -0.2) is 48.9 Å². The van der Waals surface area contributed by atoms with Gasteiger partial charge < -0.3 is 20.5 Å². The second-order valence-corrected chi connectivity index (χ2v) is 6.19. The van der Waals surface area contributed by atoms with Gasteiger partial charge in [-0.1, -0.05) is 13.8 Å². The molecule has 0 spiro atoms. The summed E-state index contributed by atoms with van der Waals surface area (Å²) in [5, 5.41) is 15.7. The fourth-order valence-corrected chi connectivity index (χ4v) is 2.47. The third-order valence-electron chi connectivity index (χ3n) is 3.49. The summed E-state index contributed by atoms with van der Waals surface area (Å²) in [7, 11) is 0. The highest BCUT2D eigenvalue weighted by atomic mass is 16.5. The first-order valence-electron chi connectivity index (χ1n) is 8.81. The predicted molar refractivity (Wildman–Crippen MR) is 98.4 cm³/mol. The minimum absolute atomic E-state index is 0.218. The van der Waals surface area contributed by atoms with Crippen molar-refractivity contribution in [3.63, 3.8) is 0 Å². The van der Waals surface area contributed by atoms with Crippen LogP contribution in [0.4, 0.5) is 0 Å². The van der Waals surface area contributed by atoms with E-state index in [-0.39, 0.29) is 6.61 Å². The molecule has 1 aromatic heterocycles. The van der Waals surface area contributed by atoms with Crippen molar-refractivity contribution < 1.29 is 9.84 Å². The number of aromatic nitrogens is 1. The molecule has 1 unspecified atom stereocenters. The summed E-state index contributed by atoms with van der Waals surface area (Å²) in [5.74, 6) is 2.58. The molecule has 0 aliphatic heterocycles. The van der Waals surface area contributed by atoms with Crippen LogP contribution in [0.5, 0.6) is 5.75 Å². The molecule has 24 heavy (non-hydrogen) atoms. The maximum absolute atomic E-state index is 9.20. The molecule has 0 aliphatic carbocycles. The van der Waals surface area contributed by atoms with Crippen molar-refractivity contribution in [2.45, 2.75) is 33.6 Å². The molecule has 3 N–H and O–H groups in total. The molecule has 1 atom stereocenters. The van der Waals surface area contributed by atoms with Crippen LogP contribution < -0.4 is 15.4 Å². The summed E-state index contributed by atoms with van der Waals surface area (Å²) in [6.45, 7) is 9.40. The number of hydrogen-bond donors (Lipinski definition) is 3. The van der Waals surface area contributed by atoms with Crippen molar-refractivity contribution in [3.8, 4) is 5.75 Å². The van der Waals surface area contributed by atoms with Gasteiger partial charge in [0, 0.05) is 25.9 Å². The molecule has 0 bridgehead atoms. The van der Waals surface area contributed by atoms with Crippen molar-refractivity contribution in [1.29, 1.82) is 0 Å². The Bertz CT molecular complexity index is 452. The third kappa shape index (κ3) is 9.35. The maximum atomic E-state index is 9.20. The quantitative estimate of drug-likeness (QED) is 0.327. The van der Waals surface area contributed by atoms with Crippen molar-refractivity contribution >= 4 is 5.96 Å². The second-order valence-electron chi connectivity index (χ2n) is 6.19. The van der Waals surface area contributed by atoms with Crippen molar-refractivity contribution in [1.82, 2.24) is 15.6 Å². The average Bonchev–Trinajstić information content (AvgIpc) is 2.57. The average molecular weight is 336 g/mol. The van der Waals surface area contributed by atoms with Gasteiger partial charge in [-0.3, -0.25) is 9.98 Å². The van der Waals surface area contributed by atoms with Gasteiger partial charge in [0.1, 0.15) is 12.4 Å². The lowest BCUT2D eigenvalue weighted by molar-refractivity contribution is 0.245. The lowest BCUT2D eigenvalue weighted by Gasteiger charge is -2.17. The van der Waals surface area contributed by atoms with Crippen LogP contribution in [0.1, 0.15) is 33.6 Å². The molecule has 1 heterocycles. The molecule has 6 heteroatoms. The highest BCUT2D eigenvalue weighted by Crippen LogP contribution is 2.15. The number of aliphatic imine (C=N–C) groups is 1. The molecule has 0 fully saturated rings. The maximum Gasteiger partial charge on any atom is 0.191 e. The smallest absolute Gasteiger partial charge is 0.191 e. The van der Waals surface area contributed by atoms with Crippen molar-refractivity contribution in [3.05, 3.63) is 24.5 Å². The lowest BCUT2D eigenvalue weighted by atomic mass is 9.94. The van der Waals surface area contributed by atoms with Crippen molar-refractivity contribution in [2.24, 2.45) is 16.8 Å². The lowest BCUT2D eigenvalue weighted by Crippen LogP contribution is -2.39. The summed E-state index contributed by atoms with van der Waals surface area (Å²) in [6.07, 6.45) is 5.30. The number of aliphatic hydroxyl groups excluding tert-OH is 1. The molecule has 0 saturated carbocycles. The molecular formula is C18H32N4O2. The summed E-state index contributed by atoms with van der Waals surface area (Å²) < 4.78 is 5.61. The van der Waals surface area contributed by atoms with Crippen LogP contribution >= 0.6 is 0 Å². The molecule has 1 rings (SSSR count). The van der Waals surface area contributed by atoms with Gasteiger partial charge in [0.25, 0.3) is 0 Å². The number of rotatable bonds is 11. The van der Waals surface area contributed by atoms with E-state index < -0.39 is 0 Å². The number of aliphatic hydroxyl groups is 1. The van der Waals surface area contributed by atoms with Crippen LogP contribution in [0.3, 0.4) is 0 Å². The normalized spacial score (nSPS) is 13.0. The molecule has 0 aromatic carbocycles. The van der Waals surface area contributed by atoms with Crippen LogP contribution in [0.15, 0.2) is 29.5 Å². The standard InChI is InChI=1S/C18H32N4O2/c1-4-20-18(22-13-16(7-10-23)12-15(2)3)21-9-11-24-17-6-5-8-19-14-17/h5-6,8,14-16,23H,4,7,9-13H2,1-3H3,(H2,20,21,22). The predicted octanol–water partition coefficient (Wildman–Crippen LogP) is 2.06. The van der Waals surface area contributed by atoms with Crippen LogP contribution in [0.25, 0.3) is 0 Å². The summed E-state index contributed by atoms with van der Waals surface area (Å²) in [5.41, 5.74) is 0. The monoisotopic (exact) mass is 336 g/mol. The molecule has 136 valence electrons. The highest BCUT2D eigenvalue weighted by Gasteiger charge is 2.10. The number of guanidine groups is 1. The zero-order valence-electron chi connectivity index (χ0n) is 15.2. The molecule has 0 radical (unpaired) electrons. The van der Waals surface area contributed by atoms with Gasteiger partial charge in [-0.2, -0.15) is 0 Å². The fourth-order valence-electron chi connectivity index (χ4n) is 2.47. The fraction of sp³-hybridized carbons (Fsp3) is 0.667. The first kappa shape index (κ1) is 20.2. The number of nitrogens with one attached hydrogen (secondary N) is 2. The van der Waals surface area contributed by atoms with Gasteiger partial charge in [0.05, 0.1) is 12.7 Å². The number of nitrogens with zero attached hydrogens (tertiary/aromatic N) is 2. The molecule has 1 aromatic rings. The zero-order valence-corrected chi connectivity index (χ0v) is 15.2. The van der Waals surface area contributed by atoms with Crippen molar-refractivity contribution in [2.75, 3.05) is 32.8 Å². The van der Waals surface area contributed by atoms with E-state index in [1.54, 1.807) is 12.4 Å². The molecular weight excluding hydrogens is 304 g/mol. The van der Waals surface area contributed by atoms with E-state index in [9.17, 15) is 5.11 Å². The minimum Gasteiger partial charge on any atom is -0.490 e. The topological polar surface area (TPSA) is 78.8 Å². The van der Waals surface area contributed by atoms with Gasteiger partial charge in [-0.15, -0.1) is 0 Å². The first-order chi connectivity index (χ1) is 11.7. The highest BCUT2D eigenvalue weighted by molar-refractivity contribution is 5.79. The van der Waals surface area contributed by atoms with E-state index in [1.165, 1.54) is 0 Å². The Hall–Kier alpha value is -1.82. The summed E-state index contributed by atoms with van der Waals surface area (Å²) >= 11 is 0. The molecule has 0 aliphatic rings. The Morgan fingerprint density at radius 2 is 2.21 bits per heavy atom. The van der Waals surface area contributed by atoms with Crippen LogP contribution in [0.2, 0.25) is 0 Å². The Morgan fingerprint density at radius 3 is 2.83 bits per heavy atom. The van der Waals surface area contributed by atoms with E-state index in [2.05, 4.69) is 34.5 Å². The number of ether oxygens (including phenoxy) is 1. The van der Waals surface area contributed by atoms with E-state index in [1.807, 2.05) is 19.1 Å². The van der Waals surface area contributed by atoms with Gasteiger partial charge in [-0.05, 0) is 43.7 Å². The second kappa shape index (κ2) is 12.6. The van der Waals surface area contributed by atoms with Gasteiger partial charge in [-0.25, -0.2) is 0 Å². The van der Waals surface area contributed by atoms with E-state index in [4.69, 9.17) is 4.74 Å². The molecule has 0 amide bonds. The summed E-state index contributed by atoms with van der Waals surface area (Å²) in [6, 6.07) is 3.74. The Kier molecular flexibility index (Phi) is 10.6. The Labute approximate surface area is 145 Å². The summed E-state index contributed by atoms with van der Waals surface area (Å²) in [4.78, 5) is 8.66. The SMILES string of the molecule is CCNC(=NCC(CCO)CC(C)C)NCCOc1cccnc1. The van der Waals surface area contributed by atoms with Gasteiger partial charge in [0.15, 0.2) is 5.96 Å². The molecule has 6 nitrogen and oxygen atoms in total. The first-order valence-corrected chi connectivity index (χ1v) is 8.81. The Balaban J connectivity index is 2.40. The van der Waals surface area contributed by atoms with E-state index in [0.29, 0.717) is 25.0 Å². The third-order valence-corrected chi connectivity index (χ3v) is 3.49. The largest absolute Gasteiger partial charge is 0.490 e. The zero-order chi connectivity index (χ0) is 17.6.